The molecule has 0 bridgehead atoms. The van der Waals surface area contributed by atoms with Crippen molar-refractivity contribution in [3.8, 4) is 12.3 Å². The first-order valence-electron chi connectivity index (χ1n) is 6.24. The number of nitrogens with one attached hydrogen (secondary N) is 2. The third kappa shape index (κ3) is 2.40. The lowest BCUT2D eigenvalue weighted by Gasteiger charge is -2.45. The van der Waals surface area contributed by atoms with Crippen LogP contribution in [0, 0.1) is 27.2 Å². The number of hydrogen-bond acceptors (Lipinski definition) is 2. The van der Waals surface area contributed by atoms with Gasteiger partial charge in [0, 0.05) is 17.0 Å². The SMILES string of the molecule is C#CC[C@@H]1C(=O)N(C)C(=N)N[C@]1(C)c1cccc(I)c1. The molecule has 2 rings (SSSR count). The zero-order chi connectivity index (χ0) is 14.9. The largest absolute Gasteiger partial charge is 0.346 e. The van der Waals surface area contributed by atoms with Crippen LogP contribution in [0.5, 0.6) is 0 Å². The van der Waals surface area contributed by atoms with Crippen molar-refractivity contribution in [2.24, 2.45) is 5.92 Å². The molecule has 0 aromatic heterocycles. The zero-order valence-corrected chi connectivity index (χ0v) is 13.6. The van der Waals surface area contributed by atoms with Gasteiger partial charge in [-0.15, -0.1) is 12.3 Å². The molecule has 1 saturated heterocycles. The standard InChI is InChI=1S/C15H16IN3O/c1-4-6-12-13(20)19(3)14(17)18-15(12,2)10-7-5-8-11(16)9-10/h1,5,7-9,12H,6H2,2-3H3,(H2,17,18)/t12-,15-/m1/s1. The van der Waals surface area contributed by atoms with Crippen LogP contribution in [0.3, 0.4) is 0 Å². The Balaban J connectivity index is 2.52. The van der Waals surface area contributed by atoms with E-state index in [2.05, 4.69) is 33.8 Å². The number of carbonyl (C=O) groups excluding carboxylic acids is 1. The lowest BCUT2D eigenvalue weighted by molar-refractivity contribution is -0.135. The van der Waals surface area contributed by atoms with Crippen molar-refractivity contribution < 1.29 is 4.79 Å². The number of benzene rings is 1. The topological polar surface area (TPSA) is 56.2 Å². The van der Waals surface area contributed by atoms with Crippen molar-refractivity contribution in [3.05, 3.63) is 33.4 Å². The van der Waals surface area contributed by atoms with E-state index in [1.807, 2.05) is 31.2 Å². The maximum Gasteiger partial charge on any atom is 0.235 e. The van der Waals surface area contributed by atoms with Crippen LogP contribution in [-0.4, -0.2) is 23.8 Å². The first-order chi connectivity index (χ1) is 9.40. The predicted molar refractivity (Wildman–Crippen MR) is 87.1 cm³/mol. The second-order valence-corrected chi connectivity index (χ2v) is 6.29. The molecule has 0 spiro atoms. The number of carbonyl (C=O) groups is 1. The van der Waals surface area contributed by atoms with Gasteiger partial charge in [0.2, 0.25) is 5.91 Å². The molecular weight excluding hydrogens is 365 g/mol. The average Bonchev–Trinajstić information content (AvgIpc) is 2.41. The zero-order valence-electron chi connectivity index (χ0n) is 11.4. The summed E-state index contributed by atoms with van der Waals surface area (Å²) in [6.07, 6.45) is 5.77. The molecule has 1 heterocycles. The van der Waals surface area contributed by atoms with Gasteiger partial charge in [-0.2, -0.15) is 0 Å². The Hall–Kier alpha value is -1.55. The van der Waals surface area contributed by atoms with E-state index < -0.39 is 5.54 Å². The Bertz CT molecular complexity index is 607. The summed E-state index contributed by atoms with van der Waals surface area (Å²) in [4.78, 5) is 13.8. The van der Waals surface area contributed by atoms with E-state index in [0.29, 0.717) is 6.42 Å². The maximum absolute atomic E-state index is 12.4. The quantitative estimate of drug-likeness (QED) is 0.609. The number of hydrogen-bond donors (Lipinski definition) is 2. The number of guanidine groups is 1. The summed E-state index contributed by atoms with van der Waals surface area (Å²) in [6, 6.07) is 7.92. The summed E-state index contributed by atoms with van der Waals surface area (Å²) in [5, 5.41) is 11.1. The molecular formula is C15H16IN3O. The van der Waals surface area contributed by atoms with Crippen LogP contribution in [0.25, 0.3) is 0 Å². The van der Waals surface area contributed by atoms with Crippen LogP contribution < -0.4 is 5.32 Å². The lowest BCUT2D eigenvalue weighted by atomic mass is 9.76. The van der Waals surface area contributed by atoms with Gasteiger partial charge in [0.05, 0.1) is 11.5 Å². The van der Waals surface area contributed by atoms with Gasteiger partial charge in [-0.1, -0.05) is 12.1 Å². The lowest BCUT2D eigenvalue weighted by Crippen LogP contribution is -2.63. The van der Waals surface area contributed by atoms with E-state index in [9.17, 15) is 4.79 Å². The van der Waals surface area contributed by atoms with E-state index in [-0.39, 0.29) is 17.8 Å². The second kappa shape index (κ2) is 5.44. The minimum atomic E-state index is -0.659. The van der Waals surface area contributed by atoms with E-state index in [1.165, 1.54) is 4.90 Å². The fourth-order valence-electron chi connectivity index (χ4n) is 2.50. The molecule has 1 fully saturated rings. The monoisotopic (exact) mass is 381 g/mol. The first-order valence-corrected chi connectivity index (χ1v) is 7.32. The van der Waals surface area contributed by atoms with Gasteiger partial charge in [0.1, 0.15) is 0 Å². The van der Waals surface area contributed by atoms with Gasteiger partial charge in [-0.3, -0.25) is 15.1 Å². The Morgan fingerprint density at radius 2 is 2.30 bits per heavy atom. The van der Waals surface area contributed by atoms with Crippen molar-refractivity contribution >= 4 is 34.5 Å². The van der Waals surface area contributed by atoms with E-state index >= 15 is 0 Å². The molecule has 1 aromatic carbocycles. The summed E-state index contributed by atoms with van der Waals surface area (Å²) in [5.41, 5.74) is 0.310. The molecule has 4 nitrogen and oxygen atoms in total. The number of rotatable bonds is 2. The van der Waals surface area contributed by atoms with Crippen molar-refractivity contribution in [3.63, 3.8) is 0 Å². The highest BCUT2D eigenvalue weighted by molar-refractivity contribution is 14.1. The summed E-state index contributed by atoms with van der Waals surface area (Å²) in [5.74, 6) is 2.18. The van der Waals surface area contributed by atoms with Gasteiger partial charge in [-0.05, 0) is 47.2 Å². The van der Waals surface area contributed by atoms with Crippen molar-refractivity contribution in [2.45, 2.75) is 18.9 Å². The van der Waals surface area contributed by atoms with Gasteiger partial charge in [-0.25, -0.2) is 0 Å². The Kier molecular flexibility index (Phi) is 4.04. The van der Waals surface area contributed by atoms with E-state index in [4.69, 9.17) is 11.8 Å². The molecule has 1 amide bonds. The molecule has 0 radical (unpaired) electrons. The minimum Gasteiger partial charge on any atom is -0.346 e. The number of halogens is 1. The molecule has 2 N–H and O–H groups in total. The smallest absolute Gasteiger partial charge is 0.235 e. The summed E-state index contributed by atoms with van der Waals surface area (Å²) in [7, 11) is 1.59. The highest BCUT2D eigenvalue weighted by Crippen LogP contribution is 2.36. The Labute approximate surface area is 132 Å². The van der Waals surface area contributed by atoms with Crippen LogP contribution >= 0.6 is 22.6 Å². The molecule has 0 aliphatic carbocycles. The molecule has 1 aliphatic heterocycles. The third-order valence-electron chi connectivity index (χ3n) is 3.79. The highest BCUT2D eigenvalue weighted by Gasteiger charge is 2.46. The highest BCUT2D eigenvalue weighted by atomic mass is 127. The van der Waals surface area contributed by atoms with Crippen molar-refractivity contribution in [1.82, 2.24) is 10.2 Å². The molecule has 20 heavy (non-hydrogen) atoms. The minimum absolute atomic E-state index is 0.102. The predicted octanol–water partition coefficient (Wildman–Crippen LogP) is 2.14. The molecule has 0 unspecified atom stereocenters. The summed E-state index contributed by atoms with van der Waals surface area (Å²) >= 11 is 2.23. The van der Waals surface area contributed by atoms with Crippen molar-refractivity contribution in [1.29, 1.82) is 5.41 Å². The van der Waals surface area contributed by atoms with Gasteiger partial charge in [0.25, 0.3) is 0 Å². The van der Waals surface area contributed by atoms with Crippen LogP contribution in [-0.2, 0) is 10.3 Å². The van der Waals surface area contributed by atoms with Crippen LogP contribution in [0.4, 0.5) is 0 Å². The molecule has 104 valence electrons. The number of terminal acetylenes is 1. The van der Waals surface area contributed by atoms with Crippen LogP contribution in [0.15, 0.2) is 24.3 Å². The molecule has 1 aliphatic rings. The third-order valence-corrected chi connectivity index (χ3v) is 4.46. The van der Waals surface area contributed by atoms with Crippen molar-refractivity contribution in [2.75, 3.05) is 7.05 Å². The fourth-order valence-corrected chi connectivity index (χ4v) is 3.05. The van der Waals surface area contributed by atoms with E-state index in [0.717, 1.165) is 9.13 Å². The number of nitrogens with zero attached hydrogens (tertiary/aromatic N) is 1. The molecule has 5 heteroatoms. The molecule has 0 saturated carbocycles. The summed E-state index contributed by atoms with van der Waals surface area (Å²) in [6.45, 7) is 1.93. The normalized spacial score (nSPS) is 26.1. The van der Waals surface area contributed by atoms with Crippen LogP contribution in [0.2, 0.25) is 0 Å². The fraction of sp³-hybridized carbons (Fsp3) is 0.333. The van der Waals surface area contributed by atoms with Gasteiger partial charge >= 0.3 is 0 Å². The Morgan fingerprint density at radius 3 is 2.90 bits per heavy atom. The van der Waals surface area contributed by atoms with E-state index in [1.54, 1.807) is 7.05 Å². The number of amides is 1. The molecule has 1 aromatic rings. The van der Waals surface area contributed by atoms with Gasteiger partial charge < -0.3 is 5.32 Å². The first kappa shape index (κ1) is 14.9. The Morgan fingerprint density at radius 1 is 1.60 bits per heavy atom. The summed E-state index contributed by atoms with van der Waals surface area (Å²) < 4.78 is 1.08. The maximum atomic E-state index is 12.4. The molecule has 2 atom stereocenters. The van der Waals surface area contributed by atoms with Crippen LogP contribution in [0.1, 0.15) is 18.9 Å². The second-order valence-electron chi connectivity index (χ2n) is 5.04. The average molecular weight is 381 g/mol. The van der Waals surface area contributed by atoms with Gasteiger partial charge in [0.15, 0.2) is 5.96 Å².